The lowest BCUT2D eigenvalue weighted by Gasteiger charge is -2.36. The molecule has 0 N–H and O–H groups in total. The Morgan fingerprint density at radius 1 is 1.35 bits per heavy atom. The second-order valence-electron chi connectivity index (χ2n) is 6.12. The molecular weight excluding hydrogens is 311 g/mol. The number of fused-ring (bicyclic) bond motifs is 1. The fourth-order valence-corrected chi connectivity index (χ4v) is 3.42. The first-order chi connectivity index (χ1) is 10.8. The van der Waals surface area contributed by atoms with Crippen molar-refractivity contribution in [3.05, 3.63) is 24.0 Å². The molecule has 3 rings (SSSR count). The SMILES string of the molecule is C[C@@H]1c2cccn2CCN1C(=O)[C@@H]1CC(=O)N(CC(F)(F)F)C1. The number of amides is 2. The van der Waals surface area contributed by atoms with Crippen LogP contribution in [0.4, 0.5) is 13.2 Å². The molecular formula is C15H18F3N3O2. The van der Waals surface area contributed by atoms with Crippen LogP contribution in [-0.4, -0.2) is 52.0 Å². The Kier molecular flexibility index (Phi) is 3.85. The monoisotopic (exact) mass is 329 g/mol. The van der Waals surface area contributed by atoms with E-state index >= 15 is 0 Å². The molecule has 0 spiro atoms. The van der Waals surface area contributed by atoms with Crippen molar-refractivity contribution in [1.82, 2.24) is 14.4 Å². The second-order valence-corrected chi connectivity index (χ2v) is 6.12. The summed E-state index contributed by atoms with van der Waals surface area (Å²) in [7, 11) is 0. The van der Waals surface area contributed by atoms with Crippen molar-refractivity contribution in [2.24, 2.45) is 5.92 Å². The summed E-state index contributed by atoms with van der Waals surface area (Å²) in [5.41, 5.74) is 1.00. The molecule has 0 bridgehead atoms. The quantitative estimate of drug-likeness (QED) is 0.831. The number of hydrogen-bond acceptors (Lipinski definition) is 2. The molecule has 2 aliphatic heterocycles. The van der Waals surface area contributed by atoms with Crippen molar-refractivity contribution >= 4 is 11.8 Å². The molecule has 1 aromatic heterocycles. The lowest BCUT2D eigenvalue weighted by molar-refractivity contribution is -0.157. The number of carbonyl (C=O) groups excluding carboxylic acids is 2. The number of alkyl halides is 3. The zero-order chi connectivity index (χ0) is 16.8. The minimum absolute atomic E-state index is 0.140. The highest BCUT2D eigenvalue weighted by atomic mass is 19.4. The van der Waals surface area contributed by atoms with Gasteiger partial charge < -0.3 is 14.4 Å². The maximum atomic E-state index is 12.7. The van der Waals surface area contributed by atoms with Gasteiger partial charge in [-0.3, -0.25) is 9.59 Å². The average molecular weight is 329 g/mol. The number of halogens is 3. The van der Waals surface area contributed by atoms with Crippen LogP contribution in [0.5, 0.6) is 0 Å². The Morgan fingerprint density at radius 3 is 2.78 bits per heavy atom. The van der Waals surface area contributed by atoms with Crippen LogP contribution in [0.2, 0.25) is 0 Å². The summed E-state index contributed by atoms with van der Waals surface area (Å²) in [5, 5.41) is 0. The van der Waals surface area contributed by atoms with E-state index in [2.05, 4.69) is 4.57 Å². The third-order valence-electron chi connectivity index (χ3n) is 4.56. The highest BCUT2D eigenvalue weighted by Gasteiger charge is 2.42. The van der Waals surface area contributed by atoms with Crippen LogP contribution in [0.25, 0.3) is 0 Å². The molecule has 23 heavy (non-hydrogen) atoms. The summed E-state index contributed by atoms with van der Waals surface area (Å²) in [6.07, 6.45) is -2.64. The fraction of sp³-hybridized carbons (Fsp3) is 0.600. The van der Waals surface area contributed by atoms with E-state index in [9.17, 15) is 22.8 Å². The van der Waals surface area contributed by atoms with E-state index < -0.39 is 24.5 Å². The van der Waals surface area contributed by atoms with Gasteiger partial charge in [-0.25, -0.2) is 0 Å². The van der Waals surface area contributed by atoms with Crippen LogP contribution in [0.1, 0.15) is 25.1 Å². The van der Waals surface area contributed by atoms with E-state index in [1.54, 1.807) is 4.90 Å². The number of nitrogens with zero attached hydrogens (tertiary/aromatic N) is 3. The number of carbonyl (C=O) groups is 2. The molecule has 0 radical (unpaired) electrons. The molecule has 1 fully saturated rings. The summed E-state index contributed by atoms with van der Waals surface area (Å²) in [6.45, 7) is 1.62. The first-order valence-corrected chi connectivity index (χ1v) is 7.56. The summed E-state index contributed by atoms with van der Waals surface area (Å²) in [6, 6.07) is 3.70. The van der Waals surface area contributed by atoms with Crippen LogP contribution in [0.15, 0.2) is 18.3 Å². The zero-order valence-corrected chi connectivity index (χ0v) is 12.7. The van der Waals surface area contributed by atoms with Crippen LogP contribution >= 0.6 is 0 Å². The molecule has 1 aromatic rings. The molecule has 2 atom stereocenters. The molecule has 5 nitrogen and oxygen atoms in total. The number of rotatable bonds is 2. The van der Waals surface area contributed by atoms with Gasteiger partial charge in [0.15, 0.2) is 0 Å². The van der Waals surface area contributed by atoms with E-state index in [0.29, 0.717) is 13.1 Å². The first kappa shape index (κ1) is 15.9. The molecule has 0 aliphatic carbocycles. The minimum Gasteiger partial charge on any atom is -0.348 e. The van der Waals surface area contributed by atoms with Gasteiger partial charge in [0.1, 0.15) is 6.54 Å². The lowest BCUT2D eigenvalue weighted by atomic mass is 10.0. The van der Waals surface area contributed by atoms with Crippen molar-refractivity contribution in [2.75, 3.05) is 19.6 Å². The third-order valence-corrected chi connectivity index (χ3v) is 4.56. The number of likely N-dealkylation sites (tertiary alicyclic amines) is 1. The Bertz CT molecular complexity index is 626. The number of aromatic nitrogens is 1. The van der Waals surface area contributed by atoms with Gasteiger partial charge in [-0.1, -0.05) is 0 Å². The van der Waals surface area contributed by atoms with E-state index in [1.165, 1.54) is 0 Å². The zero-order valence-electron chi connectivity index (χ0n) is 12.7. The van der Waals surface area contributed by atoms with Gasteiger partial charge in [-0.15, -0.1) is 0 Å². The largest absolute Gasteiger partial charge is 0.406 e. The smallest absolute Gasteiger partial charge is 0.348 e. The van der Waals surface area contributed by atoms with E-state index in [-0.39, 0.29) is 24.9 Å². The summed E-state index contributed by atoms with van der Waals surface area (Å²) >= 11 is 0. The minimum atomic E-state index is -4.44. The van der Waals surface area contributed by atoms with Crippen molar-refractivity contribution in [2.45, 2.75) is 32.1 Å². The molecule has 8 heteroatoms. The van der Waals surface area contributed by atoms with Crippen molar-refractivity contribution in [3.63, 3.8) is 0 Å². The van der Waals surface area contributed by atoms with Crippen molar-refractivity contribution in [1.29, 1.82) is 0 Å². The van der Waals surface area contributed by atoms with Crippen LogP contribution in [-0.2, 0) is 16.1 Å². The first-order valence-electron chi connectivity index (χ1n) is 7.56. The Hall–Kier alpha value is -1.99. The van der Waals surface area contributed by atoms with Crippen molar-refractivity contribution < 1.29 is 22.8 Å². The van der Waals surface area contributed by atoms with Gasteiger partial charge in [-0.05, 0) is 19.1 Å². The third kappa shape index (κ3) is 3.07. The second kappa shape index (κ2) is 5.58. The standard InChI is InChI=1S/C15H18F3N3O2/c1-10-12-3-2-4-19(12)5-6-21(10)14(23)11-7-13(22)20(8-11)9-15(16,17)18/h2-4,10-11H,5-9H2,1H3/t10-,11-/m1/s1. The molecule has 0 unspecified atom stereocenters. The maximum absolute atomic E-state index is 12.7. The highest BCUT2D eigenvalue weighted by Crippen LogP contribution is 2.30. The van der Waals surface area contributed by atoms with E-state index in [0.717, 1.165) is 10.6 Å². The van der Waals surface area contributed by atoms with Gasteiger partial charge in [-0.2, -0.15) is 13.2 Å². The normalized spacial score (nSPS) is 25.0. The van der Waals surface area contributed by atoms with Gasteiger partial charge in [0.25, 0.3) is 0 Å². The summed E-state index contributed by atoms with van der Waals surface area (Å²) in [4.78, 5) is 26.8. The van der Waals surface area contributed by atoms with E-state index in [1.807, 2.05) is 25.3 Å². The van der Waals surface area contributed by atoms with Crippen molar-refractivity contribution in [3.8, 4) is 0 Å². The van der Waals surface area contributed by atoms with Gasteiger partial charge in [0.05, 0.1) is 12.0 Å². The van der Waals surface area contributed by atoms with E-state index in [4.69, 9.17) is 0 Å². The number of hydrogen-bond donors (Lipinski definition) is 0. The predicted octanol–water partition coefficient (Wildman–Crippen LogP) is 1.80. The molecule has 2 amide bonds. The van der Waals surface area contributed by atoms with Crippen LogP contribution in [0.3, 0.4) is 0 Å². The Morgan fingerprint density at radius 2 is 2.09 bits per heavy atom. The summed E-state index contributed by atoms with van der Waals surface area (Å²) < 4.78 is 39.5. The van der Waals surface area contributed by atoms with Gasteiger partial charge in [0, 0.05) is 37.9 Å². The molecule has 126 valence electrons. The van der Waals surface area contributed by atoms with Gasteiger partial charge in [0.2, 0.25) is 11.8 Å². The highest BCUT2D eigenvalue weighted by molar-refractivity contribution is 5.89. The Balaban J connectivity index is 1.69. The van der Waals surface area contributed by atoms with Crippen LogP contribution < -0.4 is 0 Å². The molecule has 3 heterocycles. The maximum Gasteiger partial charge on any atom is 0.406 e. The van der Waals surface area contributed by atoms with Gasteiger partial charge >= 0.3 is 6.18 Å². The lowest BCUT2D eigenvalue weighted by Crippen LogP contribution is -2.44. The topological polar surface area (TPSA) is 45.6 Å². The molecule has 0 saturated carbocycles. The molecule has 0 aromatic carbocycles. The molecule has 1 saturated heterocycles. The van der Waals surface area contributed by atoms with Crippen LogP contribution in [0, 0.1) is 5.92 Å². The Labute approximate surface area is 131 Å². The molecule has 2 aliphatic rings. The summed E-state index contributed by atoms with van der Waals surface area (Å²) in [5.74, 6) is -1.52. The average Bonchev–Trinajstić information content (AvgIpc) is 3.05. The fourth-order valence-electron chi connectivity index (χ4n) is 3.42. The predicted molar refractivity (Wildman–Crippen MR) is 75.3 cm³/mol.